The fourth-order valence-electron chi connectivity index (χ4n) is 6.61. The van der Waals surface area contributed by atoms with Crippen LogP contribution in [0.2, 0.25) is 0 Å². The minimum atomic E-state index is -0.0403. The molecule has 0 aromatic heterocycles. The summed E-state index contributed by atoms with van der Waals surface area (Å²) < 4.78 is 5.45. The summed E-state index contributed by atoms with van der Waals surface area (Å²) in [4.78, 5) is 24.1. The molecule has 3 aliphatic carbocycles. The Bertz CT molecular complexity index is 513. The predicted molar refractivity (Wildman–Crippen MR) is 83.1 cm³/mol. The molecule has 6 atom stereocenters. The average Bonchev–Trinajstić information content (AvgIpc) is 2.70. The number of carbonyl (C=O) groups excluding carboxylic acids is 2. The van der Waals surface area contributed by atoms with Crippen molar-refractivity contribution in [2.75, 3.05) is 6.61 Å². The summed E-state index contributed by atoms with van der Waals surface area (Å²) >= 11 is 0. The maximum Gasteiger partial charge on any atom is 0.305 e. The van der Waals surface area contributed by atoms with Crippen LogP contribution in [0.1, 0.15) is 65.2 Å². The van der Waals surface area contributed by atoms with Gasteiger partial charge in [0.05, 0.1) is 6.61 Å². The van der Waals surface area contributed by atoms with Crippen LogP contribution in [0.25, 0.3) is 0 Å². The van der Waals surface area contributed by atoms with Crippen LogP contribution in [0, 0.1) is 34.5 Å². The van der Waals surface area contributed by atoms with E-state index < -0.39 is 0 Å². The minimum absolute atomic E-state index is 0.0103. The van der Waals surface area contributed by atoms with Crippen LogP contribution in [-0.2, 0) is 14.3 Å². The largest absolute Gasteiger partial charge is 0.465 e. The van der Waals surface area contributed by atoms with Crippen molar-refractivity contribution < 1.29 is 14.3 Å². The molecule has 6 unspecified atom stereocenters. The summed E-state index contributed by atoms with van der Waals surface area (Å²) in [6, 6.07) is 0. The highest BCUT2D eigenvalue weighted by Gasteiger charge is 2.59. The van der Waals surface area contributed by atoms with E-state index in [1.54, 1.807) is 0 Å². The number of esters is 1. The number of ketones is 1. The van der Waals surface area contributed by atoms with Gasteiger partial charge in [0, 0.05) is 18.3 Å². The molecule has 0 N–H and O–H groups in total. The lowest BCUT2D eigenvalue weighted by atomic mass is 9.47. The van der Waals surface area contributed by atoms with Gasteiger partial charge in [0.15, 0.2) is 0 Å². The third-order valence-electron chi connectivity index (χ3n) is 8.09. The van der Waals surface area contributed by atoms with E-state index in [-0.39, 0.29) is 16.8 Å². The van der Waals surface area contributed by atoms with Gasteiger partial charge in [0.25, 0.3) is 0 Å². The Morgan fingerprint density at radius 2 is 1.77 bits per heavy atom. The van der Waals surface area contributed by atoms with Gasteiger partial charge in [-0.15, -0.1) is 0 Å². The molecule has 22 heavy (non-hydrogen) atoms. The molecule has 3 nitrogen and oxygen atoms in total. The quantitative estimate of drug-likeness (QED) is 0.640. The van der Waals surface area contributed by atoms with Crippen molar-refractivity contribution in [1.82, 2.24) is 0 Å². The van der Waals surface area contributed by atoms with Crippen molar-refractivity contribution in [3.05, 3.63) is 0 Å². The molecular formula is C19H28O3. The molecule has 0 spiro atoms. The van der Waals surface area contributed by atoms with E-state index in [4.69, 9.17) is 4.74 Å². The first-order chi connectivity index (χ1) is 10.4. The highest BCUT2D eigenvalue weighted by molar-refractivity contribution is 5.87. The predicted octanol–water partition coefficient (Wildman–Crippen LogP) is 3.75. The van der Waals surface area contributed by atoms with Crippen LogP contribution in [-0.4, -0.2) is 18.4 Å². The lowest BCUT2D eigenvalue weighted by Crippen LogP contribution is -2.52. The van der Waals surface area contributed by atoms with E-state index in [1.807, 2.05) is 0 Å². The molecule has 1 aliphatic heterocycles. The Morgan fingerprint density at radius 1 is 0.955 bits per heavy atom. The van der Waals surface area contributed by atoms with Gasteiger partial charge in [0.2, 0.25) is 0 Å². The van der Waals surface area contributed by atoms with E-state index in [1.165, 1.54) is 19.3 Å². The standard InChI is InChI=1S/C19H28O3/c1-18-10-8-17(21)22-11-12(18)3-4-13-14-5-6-16(20)19(14,2)9-7-15(13)18/h12-15H,3-11H2,1-2H3. The second-order valence-corrected chi connectivity index (χ2v) is 8.76. The number of Topliss-reactive ketones (excluding diaryl/α,β-unsaturated/α-hetero) is 1. The van der Waals surface area contributed by atoms with Crippen molar-refractivity contribution in [1.29, 1.82) is 0 Å². The van der Waals surface area contributed by atoms with Crippen LogP contribution in [0.4, 0.5) is 0 Å². The normalized spacial score (nSPS) is 51.4. The van der Waals surface area contributed by atoms with Crippen LogP contribution < -0.4 is 0 Å². The minimum Gasteiger partial charge on any atom is -0.465 e. The zero-order valence-electron chi connectivity index (χ0n) is 13.9. The number of rotatable bonds is 0. The van der Waals surface area contributed by atoms with Crippen molar-refractivity contribution in [2.45, 2.75) is 65.2 Å². The fourth-order valence-corrected chi connectivity index (χ4v) is 6.61. The van der Waals surface area contributed by atoms with Gasteiger partial charge in [-0.3, -0.25) is 9.59 Å². The van der Waals surface area contributed by atoms with Crippen molar-refractivity contribution in [3.8, 4) is 0 Å². The Morgan fingerprint density at radius 3 is 2.59 bits per heavy atom. The topological polar surface area (TPSA) is 43.4 Å². The molecule has 1 saturated heterocycles. The molecule has 4 rings (SSSR count). The third-order valence-corrected chi connectivity index (χ3v) is 8.09. The summed E-state index contributed by atoms with van der Waals surface area (Å²) in [7, 11) is 0. The van der Waals surface area contributed by atoms with E-state index in [0.717, 1.165) is 25.7 Å². The first-order valence-electron chi connectivity index (χ1n) is 9.14. The summed E-state index contributed by atoms with van der Waals surface area (Å²) in [5.74, 6) is 3.01. The highest BCUT2D eigenvalue weighted by Crippen LogP contribution is 2.64. The average molecular weight is 304 g/mol. The number of cyclic esters (lactones) is 1. The maximum atomic E-state index is 12.4. The molecular weight excluding hydrogens is 276 g/mol. The lowest BCUT2D eigenvalue weighted by molar-refractivity contribution is -0.145. The first-order valence-corrected chi connectivity index (χ1v) is 9.14. The summed E-state index contributed by atoms with van der Waals surface area (Å²) in [6.45, 7) is 5.27. The molecule has 4 fully saturated rings. The SMILES string of the molecule is CC12CCC3C(CCC4COC(=O)CCC43C)C1CCC2=O. The van der Waals surface area contributed by atoms with Crippen molar-refractivity contribution in [3.63, 3.8) is 0 Å². The Labute approximate surface area is 133 Å². The van der Waals surface area contributed by atoms with Crippen LogP contribution in [0.5, 0.6) is 0 Å². The van der Waals surface area contributed by atoms with Crippen molar-refractivity contribution in [2.24, 2.45) is 34.5 Å². The molecule has 0 radical (unpaired) electrons. The molecule has 122 valence electrons. The van der Waals surface area contributed by atoms with Crippen molar-refractivity contribution >= 4 is 11.8 Å². The summed E-state index contributed by atoms with van der Waals surface area (Å²) in [5.41, 5.74) is 0.198. The monoisotopic (exact) mass is 304 g/mol. The van der Waals surface area contributed by atoms with E-state index in [0.29, 0.717) is 42.5 Å². The number of hydrogen-bond acceptors (Lipinski definition) is 3. The van der Waals surface area contributed by atoms with Gasteiger partial charge in [-0.2, -0.15) is 0 Å². The van der Waals surface area contributed by atoms with Gasteiger partial charge in [-0.1, -0.05) is 13.8 Å². The molecule has 0 aromatic carbocycles. The van der Waals surface area contributed by atoms with E-state index in [2.05, 4.69) is 13.8 Å². The zero-order chi connectivity index (χ0) is 15.5. The van der Waals surface area contributed by atoms with Crippen LogP contribution in [0.3, 0.4) is 0 Å². The zero-order valence-corrected chi connectivity index (χ0v) is 13.9. The van der Waals surface area contributed by atoms with E-state index >= 15 is 0 Å². The Kier molecular flexibility index (Phi) is 3.22. The summed E-state index contributed by atoms with van der Waals surface area (Å²) in [6.07, 6.45) is 8.10. The van der Waals surface area contributed by atoms with E-state index in [9.17, 15) is 9.59 Å². The molecule has 3 saturated carbocycles. The van der Waals surface area contributed by atoms with Crippen LogP contribution in [0.15, 0.2) is 0 Å². The number of fused-ring (bicyclic) bond motifs is 5. The van der Waals surface area contributed by atoms with Gasteiger partial charge in [-0.05, 0) is 67.6 Å². The van der Waals surface area contributed by atoms with Gasteiger partial charge >= 0.3 is 5.97 Å². The first kappa shape index (κ1) is 14.7. The maximum absolute atomic E-state index is 12.4. The Hall–Kier alpha value is -0.860. The molecule has 0 amide bonds. The number of carbonyl (C=O) groups is 2. The highest BCUT2D eigenvalue weighted by atomic mass is 16.5. The molecule has 3 heteroatoms. The number of ether oxygens (including phenoxy) is 1. The molecule has 1 heterocycles. The second kappa shape index (κ2) is 4.82. The number of hydrogen-bond donors (Lipinski definition) is 0. The van der Waals surface area contributed by atoms with Gasteiger partial charge < -0.3 is 4.74 Å². The third kappa shape index (κ3) is 1.86. The smallest absolute Gasteiger partial charge is 0.305 e. The molecule has 0 aromatic rings. The lowest BCUT2D eigenvalue weighted by Gasteiger charge is -2.57. The fraction of sp³-hybridized carbons (Fsp3) is 0.895. The molecule has 4 aliphatic rings. The summed E-state index contributed by atoms with van der Waals surface area (Å²) in [5, 5.41) is 0. The second-order valence-electron chi connectivity index (χ2n) is 8.76. The van der Waals surface area contributed by atoms with Gasteiger partial charge in [0.1, 0.15) is 5.78 Å². The Balaban J connectivity index is 1.65. The van der Waals surface area contributed by atoms with Crippen LogP contribution >= 0.6 is 0 Å². The van der Waals surface area contributed by atoms with Gasteiger partial charge in [-0.25, -0.2) is 0 Å². The molecule has 0 bridgehead atoms.